The quantitative estimate of drug-likeness (QED) is 0.910. The van der Waals surface area contributed by atoms with Gasteiger partial charge in [0, 0.05) is 18.9 Å². The lowest BCUT2D eigenvalue weighted by Gasteiger charge is -2.15. The Kier molecular flexibility index (Phi) is 3.31. The molecule has 2 heterocycles. The van der Waals surface area contributed by atoms with Crippen molar-refractivity contribution in [3.05, 3.63) is 62.8 Å². The van der Waals surface area contributed by atoms with Crippen molar-refractivity contribution in [1.82, 2.24) is 9.97 Å². The van der Waals surface area contributed by atoms with E-state index in [0.29, 0.717) is 35.7 Å². The molecule has 0 amide bonds. The van der Waals surface area contributed by atoms with Gasteiger partial charge in [-0.15, -0.1) is 0 Å². The lowest BCUT2D eigenvalue weighted by Crippen LogP contribution is -2.25. The van der Waals surface area contributed by atoms with Crippen molar-refractivity contribution in [1.29, 1.82) is 0 Å². The predicted octanol–water partition coefficient (Wildman–Crippen LogP) is 1.71. The van der Waals surface area contributed by atoms with Crippen LogP contribution in [0, 0.1) is 11.6 Å². The van der Waals surface area contributed by atoms with Gasteiger partial charge in [-0.05, 0) is 11.6 Å². The van der Waals surface area contributed by atoms with Gasteiger partial charge >= 0.3 is 0 Å². The second kappa shape index (κ2) is 5.13. The van der Waals surface area contributed by atoms with Gasteiger partial charge < -0.3 is 9.72 Å². The number of benzene rings is 1. The van der Waals surface area contributed by atoms with Gasteiger partial charge in [0.05, 0.1) is 24.5 Å². The minimum absolute atomic E-state index is 0.121. The molecule has 0 saturated heterocycles. The summed E-state index contributed by atoms with van der Waals surface area (Å²) in [6.45, 7) is 0.774. The van der Waals surface area contributed by atoms with E-state index in [2.05, 4.69) is 9.97 Å². The third-order valence-electron chi connectivity index (χ3n) is 3.25. The van der Waals surface area contributed by atoms with Gasteiger partial charge in [-0.2, -0.15) is 0 Å². The second-order valence-electron chi connectivity index (χ2n) is 4.65. The molecule has 0 fully saturated rings. The van der Waals surface area contributed by atoms with Crippen LogP contribution in [0.25, 0.3) is 0 Å². The molecule has 3 rings (SSSR count). The summed E-state index contributed by atoms with van der Waals surface area (Å²) in [6.07, 6.45) is 0.688. The number of aromatic amines is 1. The zero-order valence-corrected chi connectivity index (χ0v) is 10.6. The normalized spacial score (nSPS) is 14.1. The molecule has 0 aliphatic carbocycles. The van der Waals surface area contributed by atoms with E-state index in [1.54, 1.807) is 0 Å². The van der Waals surface area contributed by atoms with E-state index in [9.17, 15) is 13.6 Å². The van der Waals surface area contributed by atoms with Crippen LogP contribution in [0.5, 0.6) is 0 Å². The average molecular weight is 278 g/mol. The number of nitrogens with one attached hydrogen (secondary N) is 1. The summed E-state index contributed by atoms with van der Waals surface area (Å²) in [6, 6.07) is 3.36. The van der Waals surface area contributed by atoms with Crippen LogP contribution in [0.15, 0.2) is 23.0 Å². The van der Waals surface area contributed by atoms with Gasteiger partial charge in [-0.25, -0.2) is 13.8 Å². The second-order valence-corrected chi connectivity index (χ2v) is 4.65. The molecular weight excluding hydrogens is 266 g/mol. The monoisotopic (exact) mass is 278 g/mol. The Labute approximate surface area is 113 Å². The third-order valence-corrected chi connectivity index (χ3v) is 3.25. The summed E-state index contributed by atoms with van der Waals surface area (Å²) in [4.78, 5) is 18.8. The Morgan fingerprint density at radius 2 is 2.20 bits per heavy atom. The van der Waals surface area contributed by atoms with Crippen molar-refractivity contribution in [2.24, 2.45) is 0 Å². The maximum absolute atomic E-state index is 13.6. The van der Waals surface area contributed by atoms with E-state index >= 15 is 0 Å². The SMILES string of the molecule is O=c1[nH]c(Cc2ccc(F)cc2F)nc2c1COCC2. The molecule has 4 nitrogen and oxygen atoms in total. The number of halogens is 2. The molecule has 20 heavy (non-hydrogen) atoms. The molecule has 0 bridgehead atoms. The van der Waals surface area contributed by atoms with E-state index in [-0.39, 0.29) is 18.6 Å². The summed E-state index contributed by atoms with van der Waals surface area (Å²) in [5.41, 5.74) is 1.26. The van der Waals surface area contributed by atoms with E-state index in [1.807, 2.05) is 0 Å². The fourth-order valence-electron chi connectivity index (χ4n) is 2.22. The zero-order valence-electron chi connectivity index (χ0n) is 10.6. The number of hydrogen-bond acceptors (Lipinski definition) is 3. The smallest absolute Gasteiger partial charge is 0.256 e. The first-order chi connectivity index (χ1) is 9.63. The van der Waals surface area contributed by atoms with Gasteiger partial charge in [-0.1, -0.05) is 6.07 Å². The van der Waals surface area contributed by atoms with Crippen molar-refractivity contribution in [3.63, 3.8) is 0 Å². The molecule has 0 radical (unpaired) electrons. The molecule has 104 valence electrons. The summed E-state index contributed by atoms with van der Waals surface area (Å²) in [7, 11) is 0. The minimum Gasteiger partial charge on any atom is -0.376 e. The molecule has 6 heteroatoms. The van der Waals surface area contributed by atoms with Gasteiger partial charge in [0.1, 0.15) is 17.5 Å². The summed E-state index contributed by atoms with van der Waals surface area (Å²) >= 11 is 0. The number of rotatable bonds is 2. The first-order valence-corrected chi connectivity index (χ1v) is 6.26. The minimum atomic E-state index is -0.645. The lowest BCUT2D eigenvalue weighted by atomic mass is 10.1. The molecule has 1 aliphatic heterocycles. The fraction of sp³-hybridized carbons (Fsp3) is 0.286. The Bertz CT molecular complexity index is 713. The van der Waals surface area contributed by atoms with Crippen LogP contribution in [0.1, 0.15) is 22.6 Å². The zero-order chi connectivity index (χ0) is 14.1. The number of nitrogens with zero attached hydrogens (tertiary/aromatic N) is 1. The van der Waals surface area contributed by atoms with Crippen molar-refractivity contribution >= 4 is 0 Å². The molecule has 1 N–H and O–H groups in total. The Morgan fingerprint density at radius 3 is 3.00 bits per heavy atom. The Hall–Kier alpha value is -2.08. The van der Waals surface area contributed by atoms with E-state index < -0.39 is 11.6 Å². The van der Waals surface area contributed by atoms with Gasteiger partial charge in [0.15, 0.2) is 0 Å². The number of aromatic nitrogens is 2. The molecule has 0 saturated carbocycles. The molecule has 0 unspecified atom stereocenters. The Balaban J connectivity index is 1.95. The summed E-state index contributed by atoms with van der Waals surface area (Å²) < 4.78 is 31.6. The largest absolute Gasteiger partial charge is 0.376 e. The number of H-pyrrole nitrogens is 1. The number of fused-ring (bicyclic) bond motifs is 1. The first kappa shape index (κ1) is 12.9. The highest BCUT2D eigenvalue weighted by Crippen LogP contribution is 2.14. The highest BCUT2D eigenvalue weighted by Gasteiger charge is 2.16. The van der Waals surface area contributed by atoms with E-state index in [4.69, 9.17) is 4.74 Å². The van der Waals surface area contributed by atoms with Crippen molar-refractivity contribution in [2.75, 3.05) is 6.61 Å². The predicted molar refractivity (Wildman–Crippen MR) is 67.4 cm³/mol. The molecular formula is C14H12F2N2O2. The van der Waals surface area contributed by atoms with Crippen LogP contribution in [-0.2, 0) is 24.2 Å². The summed E-state index contributed by atoms with van der Waals surface area (Å²) in [5.74, 6) is -0.898. The molecule has 1 aromatic carbocycles. The Morgan fingerprint density at radius 1 is 1.35 bits per heavy atom. The van der Waals surface area contributed by atoms with Crippen molar-refractivity contribution in [2.45, 2.75) is 19.4 Å². The standard InChI is InChI=1S/C14H12F2N2O2/c15-9-2-1-8(11(16)6-9)5-13-17-12-3-4-20-7-10(12)14(19)18-13/h1-2,6H,3-5,7H2,(H,17,18,19). The van der Waals surface area contributed by atoms with Crippen molar-refractivity contribution < 1.29 is 13.5 Å². The first-order valence-electron chi connectivity index (χ1n) is 6.26. The van der Waals surface area contributed by atoms with Crippen LogP contribution in [0.2, 0.25) is 0 Å². The molecule has 2 aromatic rings. The van der Waals surface area contributed by atoms with Gasteiger partial charge in [0.2, 0.25) is 0 Å². The van der Waals surface area contributed by atoms with Crippen LogP contribution < -0.4 is 5.56 Å². The maximum atomic E-state index is 13.6. The highest BCUT2D eigenvalue weighted by atomic mass is 19.1. The molecule has 1 aliphatic rings. The van der Waals surface area contributed by atoms with Gasteiger partial charge in [0.25, 0.3) is 5.56 Å². The topological polar surface area (TPSA) is 55.0 Å². The van der Waals surface area contributed by atoms with Crippen LogP contribution in [0.4, 0.5) is 8.78 Å². The van der Waals surface area contributed by atoms with Crippen LogP contribution in [0.3, 0.4) is 0 Å². The number of hydrogen-bond donors (Lipinski definition) is 1. The molecule has 0 atom stereocenters. The highest BCUT2D eigenvalue weighted by molar-refractivity contribution is 5.24. The van der Waals surface area contributed by atoms with E-state index in [0.717, 1.165) is 6.07 Å². The maximum Gasteiger partial charge on any atom is 0.256 e. The van der Waals surface area contributed by atoms with Crippen molar-refractivity contribution in [3.8, 4) is 0 Å². The average Bonchev–Trinajstić information content (AvgIpc) is 2.42. The van der Waals surface area contributed by atoms with Crippen LogP contribution in [-0.4, -0.2) is 16.6 Å². The summed E-state index contributed by atoms with van der Waals surface area (Å²) in [5, 5.41) is 0. The molecule has 1 aromatic heterocycles. The third kappa shape index (κ3) is 2.46. The van der Waals surface area contributed by atoms with Crippen LogP contribution >= 0.6 is 0 Å². The fourth-order valence-corrected chi connectivity index (χ4v) is 2.22. The van der Waals surface area contributed by atoms with E-state index in [1.165, 1.54) is 12.1 Å². The number of ether oxygens (including phenoxy) is 1. The van der Waals surface area contributed by atoms with Gasteiger partial charge in [-0.3, -0.25) is 4.79 Å². The molecule has 0 spiro atoms. The lowest BCUT2D eigenvalue weighted by molar-refractivity contribution is 0.108.